The van der Waals surface area contributed by atoms with Crippen LogP contribution in [0.4, 0.5) is 0 Å². The van der Waals surface area contributed by atoms with Crippen LogP contribution < -0.4 is 5.73 Å². The first-order chi connectivity index (χ1) is 7.00. The lowest BCUT2D eigenvalue weighted by Gasteiger charge is -2.36. The van der Waals surface area contributed by atoms with Crippen LogP contribution >= 0.6 is 0 Å². The number of rotatable bonds is 3. The molecule has 1 heterocycles. The van der Waals surface area contributed by atoms with Gasteiger partial charge < -0.3 is 10.6 Å². The molecule has 1 aliphatic rings. The Morgan fingerprint density at radius 3 is 2.13 bits per heavy atom. The molecular weight excluding hydrogens is 190 g/mol. The molecule has 0 aromatic rings. The van der Waals surface area contributed by atoms with Crippen LogP contribution in [0, 0.1) is 5.92 Å². The summed E-state index contributed by atoms with van der Waals surface area (Å²) in [5.41, 5.74) is 5.58. The molecule has 1 saturated heterocycles. The third-order valence-electron chi connectivity index (χ3n) is 2.70. The first-order valence-electron chi connectivity index (χ1n) is 5.77. The predicted octanol–water partition coefficient (Wildman–Crippen LogP) is 0.134. The first kappa shape index (κ1) is 12.5. The average molecular weight is 213 g/mol. The molecule has 1 aliphatic heterocycles. The van der Waals surface area contributed by atoms with Crippen molar-refractivity contribution in [2.45, 2.75) is 26.8 Å². The Labute approximate surface area is 92.4 Å². The van der Waals surface area contributed by atoms with Gasteiger partial charge in [0.25, 0.3) is 0 Å². The molecule has 88 valence electrons. The minimum atomic E-state index is -0.360. The second kappa shape index (κ2) is 5.47. The largest absolute Gasteiger partial charge is 0.339 e. The number of piperazine rings is 1. The van der Waals surface area contributed by atoms with Crippen LogP contribution in [-0.2, 0) is 4.79 Å². The van der Waals surface area contributed by atoms with Gasteiger partial charge in [-0.2, -0.15) is 0 Å². The van der Waals surface area contributed by atoms with Gasteiger partial charge in [-0.1, -0.05) is 13.8 Å². The van der Waals surface area contributed by atoms with Crippen molar-refractivity contribution in [3.63, 3.8) is 0 Å². The highest BCUT2D eigenvalue weighted by Gasteiger charge is 2.22. The normalized spacial score (nSPS) is 20.7. The van der Waals surface area contributed by atoms with Crippen molar-refractivity contribution in [3.05, 3.63) is 0 Å². The number of amides is 1. The summed E-state index contributed by atoms with van der Waals surface area (Å²) >= 11 is 0. The van der Waals surface area contributed by atoms with E-state index in [0.717, 1.165) is 32.7 Å². The maximum atomic E-state index is 11.6. The van der Waals surface area contributed by atoms with Gasteiger partial charge in [-0.15, -0.1) is 0 Å². The molecule has 0 saturated carbocycles. The highest BCUT2D eigenvalue weighted by molar-refractivity contribution is 5.81. The molecule has 0 aliphatic carbocycles. The summed E-state index contributed by atoms with van der Waals surface area (Å²) in [6, 6.07) is -0.360. The summed E-state index contributed by atoms with van der Waals surface area (Å²) in [7, 11) is 0. The second-order valence-electron chi connectivity index (χ2n) is 4.81. The average Bonchev–Trinajstić information content (AvgIpc) is 2.17. The number of carbonyl (C=O) groups is 1. The van der Waals surface area contributed by atoms with Gasteiger partial charge in [-0.05, 0) is 12.8 Å². The molecule has 0 unspecified atom stereocenters. The SMILES string of the molecule is CC(C)CN1CCN(C(=O)[C@@H](C)N)CC1. The lowest BCUT2D eigenvalue weighted by molar-refractivity contribution is -0.134. The van der Waals surface area contributed by atoms with Gasteiger partial charge >= 0.3 is 0 Å². The van der Waals surface area contributed by atoms with Crippen LogP contribution in [0.25, 0.3) is 0 Å². The van der Waals surface area contributed by atoms with E-state index in [2.05, 4.69) is 18.7 Å². The topological polar surface area (TPSA) is 49.6 Å². The molecule has 15 heavy (non-hydrogen) atoms. The lowest BCUT2D eigenvalue weighted by atomic mass is 10.2. The number of nitrogens with zero attached hydrogens (tertiary/aromatic N) is 2. The Morgan fingerprint density at radius 1 is 1.20 bits per heavy atom. The van der Waals surface area contributed by atoms with Crippen molar-refractivity contribution in [1.29, 1.82) is 0 Å². The Kier molecular flexibility index (Phi) is 4.54. The van der Waals surface area contributed by atoms with Gasteiger partial charge in [0.1, 0.15) is 0 Å². The van der Waals surface area contributed by atoms with E-state index in [-0.39, 0.29) is 11.9 Å². The van der Waals surface area contributed by atoms with E-state index in [1.165, 1.54) is 0 Å². The zero-order valence-electron chi connectivity index (χ0n) is 10.1. The van der Waals surface area contributed by atoms with Gasteiger partial charge in [0.2, 0.25) is 5.91 Å². The van der Waals surface area contributed by atoms with Crippen LogP contribution in [0.3, 0.4) is 0 Å². The molecule has 0 radical (unpaired) electrons. The summed E-state index contributed by atoms with van der Waals surface area (Å²) in [6.45, 7) is 10.9. The smallest absolute Gasteiger partial charge is 0.239 e. The standard InChI is InChI=1S/C11H23N3O/c1-9(2)8-13-4-6-14(7-5-13)11(15)10(3)12/h9-10H,4-8,12H2,1-3H3/t10-/m1/s1. The molecule has 1 rings (SSSR count). The fourth-order valence-corrected chi connectivity index (χ4v) is 1.96. The molecule has 2 N–H and O–H groups in total. The molecular formula is C11H23N3O. The highest BCUT2D eigenvalue weighted by atomic mass is 16.2. The first-order valence-corrected chi connectivity index (χ1v) is 5.77. The van der Waals surface area contributed by atoms with Gasteiger partial charge in [0, 0.05) is 32.7 Å². The molecule has 4 nitrogen and oxygen atoms in total. The van der Waals surface area contributed by atoms with Crippen molar-refractivity contribution >= 4 is 5.91 Å². The van der Waals surface area contributed by atoms with Crippen LogP contribution in [0.15, 0.2) is 0 Å². The maximum Gasteiger partial charge on any atom is 0.239 e. The Hall–Kier alpha value is -0.610. The second-order valence-corrected chi connectivity index (χ2v) is 4.81. The quantitative estimate of drug-likeness (QED) is 0.725. The fourth-order valence-electron chi connectivity index (χ4n) is 1.96. The van der Waals surface area contributed by atoms with E-state index in [9.17, 15) is 4.79 Å². The minimum Gasteiger partial charge on any atom is -0.339 e. The fraction of sp³-hybridized carbons (Fsp3) is 0.909. The van der Waals surface area contributed by atoms with E-state index in [4.69, 9.17) is 5.73 Å². The number of hydrogen-bond acceptors (Lipinski definition) is 3. The van der Waals surface area contributed by atoms with E-state index in [0.29, 0.717) is 5.92 Å². The van der Waals surface area contributed by atoms with E-state index in [1.54, 1.807) is 6.92 Å². The maximum absolute atomic E-state index is 11.6. The molecule has 1 fully saturated rings. The van der Waals surface area contributed by atoms with E-state index >= 15 is 0 Å². The lowest BCUT2D eigenvalue weighted by Crippen LogP contribution is -2.52. The van der Waals surface area contributed by atoms with Crippen molar-refractivity contribution in [3.8, 4) is 0 Å². The van der Waals surface area contributed by atoms with Crippen molar-refractivity contribution in [2.75, 3.05) is 32.7 Å². The molecule has 0 bridgehead atoms. The number of hydrogen-bond donors (Lipinski definition) is 1. The van der Waals surface area contributed by atoms with Gasteiger partial charge in [-0.3, -0.25) is 9.69 Å². The Balaban J connectivity index is 2.32. The zero-order chi connectivity index (χ0) is 11.4. The van der Waals surface area contributed by atoms with E-state index < -0.39 is 0 Å². The summed E-state index contributed by atoms with van der Waals surface area (Å²) in [5.74, 6) is 0.778. The molecule has 0 aromatic carbocycles. The van der Waals surface area contributed by atoms with Gasteiger partial charge in [0.05, 0.1) is 6.04 Å². The van der Waals surface area contributed by atoms with Crippen molar-refractivity contribution in [1.82, 2.24) is 9.80 Å². The third kappa shape index (κ3) is 3.80. The Bertz CT molecular complexity index is 208. The van der Waals surface area contributed by atoms with E-state index in [1.807, 2.05) is 4.90 Å². The molecule has 0 spiro atoms. The summed E-state index contributed by atoms with van der Waals surface area (Å²) < 4.78 is 0. The summed E-state index contributed by atoms with van der Waals surface area (Å²) in [6.07, 6.45) is 0. The summed E-state index contributed by atoms with van der Waals surface area (Å²) in [5, 5.41) is 0. The number of carbonyl (C=O) groups excluding carboxylic acids is 1. The molecule has 1 amide bonds. The molecule has 4 heteroatoms. The highest BCUT2D eigenvalue weighted by Crippen LogP contribution is 2.06. The van der Waals surface area contributed by atoms with Crippen molar-refractivity contribution in [2.24, 2.45) is 11.7 Å². The van der Waals surface area contributed by atoms with Crippen molar-refractivity contribution < 1.29 is 4.79 Å². The van der Waals surface area contributed by atoms with Crippen LogP contribution in [0.2, 0.25) is 0 Å². The summed E-state index contributed by atoms with van der Waals surface area (Å²) in [4.78, 5) is 15.9. The zero-order valence-corrected chi connectivity index (χ0v) is 10.1. The number of nitrogens with two attached hydrogens (primary N) is 1. The monoisotopic (exact) mass is 213 g/mol. The minimum absolute atomic E-state index is 0.0826. The van der Waals surface area contributed by atoms with Gasteiger partial charge in [0.15, 0.2) is 0 Å². The Morgan fingerprint density at radius 2 is 1.73 bits per heavy atom. The van der Waals surface area contributed by atoms with Crippen LogP contribution in [-0.4, -0.2) is 54.5 Å². The molecule has 0 aromatic heterocycles. The third-order valence-corrected chi connectivity index (χ3v) is 2.70. The van der Waals surface area contributed by atoms with Crippen LogP contribution in [0.5, 0.6) is 0 Å². The van der Waals surface area contributed by atoms with Crippen LogP contribution in [0.1, 0.15) is 20.8 Å². The predicted molar refractivity (Wildman–Crippen MR) is 61.5 cm³/mol. The molecule has 1 atom stereocenters. The van der Waals surface area contributed by atoms with Gasteiger partial charge in [-0.25, -0.2) is 0 Å².